The summed E-state index contributed by atoms with van der Waals surface area (Å²) in [6.45, 7) is 3.05. The minimum Gasteiger partial charge on any atom is -0.388 e. The van der Waals surface area contributed by atoms with Crippen molar-refractivity contribution in [1.29, 1.82) is 0 Å². The van der Waals surface area contributed by atoms with Crippen molar-refractivity contribution in [3.8, 4) is 0 Å². The summed E-state index contributed by atoms with van der Waals surface area (Å²) in [6.07, 6.45) is 0.812. The van der Waals surface area contributed by atoms with E-state index in [9.17, 15) is 14.3 Å². The molecule has 2 heterocycles. The molecule has 1 aliphatic heterocycles. The number of carbonyl (C=O) groups excluding carboxylic acids is 1. The maximum Gasteiger partial charge on any atom is 0.272 e. The van der Waals surface area contributed by atoms with E-state index < -0.39 is 6.10 Å². The van der Waals surface area contributed by atoms with E-state index in [1.54, 1.807) is 23.1 Å². The summed E-state index contributed by atoms with van der Waals surface area (Å²) >= 11 is 0. The Bertz CT molecular complexity index is 710. The molecule has 0 saturated carbocycles. The molecule has 24 heavy (non-hydrogen) atoms. The lowest BCUT2D eigenvalue weighted by Crippen LogP contribution is -2.40. The molecule has 1 atom stereocenters. The Kier molecular flexibility index (Phi) is 4.90. The summed E-state index contributed by atoms with van der Waals surface area (Å²) in [5, 5.41) is 10.5. The summed E-state index contributed by atoms with van der Waals surface area (Å²) in [6, 6.07) is 11.4. The van der Waals surface area contributed by atoms with Crippen molar-refractivity contribution in [3.63, 3.8) is 0 Å². The van der Waals surface area contributed by atoms with Gasteiger partial charge in [-0.1, -0.05) is 18.2 Å². The number of rotatable bonds is 3. The van der Waals surface area contributed by atoms with E-state index in [4.69, 9.17) is 0 Å². The fourth-order valence-corrected chi connectivity index (χ4v) is 3.17. The van der Waals surface area contributed by atoms with Crippen LogP contribution < -0.4 is 0 Å². The highest BCUT2D eigenvalue weighted by Gasteiger charge is 2.29. The van der Waals surface area contributed by atoms with Crippen LogP contribution in [-0.2, 0) is 0 Å². The van der Waals surface area contributed by atoms with Gasteiger partial charge in [0.2, 0.25) is 0 Å². The van der Waals surface area contributed by atoms with Gasteiger partial charge < -0.3 is 10.0 Å². The first kappa shape index (κ1) is 16.6. The van der Waals surface area contributed by atoms with Crippen molar-refractivity contribution < 1.29 is 14.3 Å². The highest BCUT2D eigenvalue weighted by Crippen LogP contribution is 2.31. The second-order valence-corrected chi connectivity index (χ2v) is 6.29. The number of hydrogen-bond donors (Lipinski definition) is 1. The molecule has 1 saturated heterocycles. The number of aliphatic hydroxyl groups excluding tert-OH is 1. The minimum atomic E-state index is -0.625. The maximum atomic E-state index is 13.0. The van der Waals surface area contributed by atoms with Crippen molar-refractivity contribution in [2.45, 2.75) is 25.9 Å². The highest BCUT2D eigenvalue weighted by molar-refractivity contribution is 5.92. The van der Waals surface area contributed by atoms with Crippen LogP contribution in [0.3, 0.4) is 0 Å². The van der Waals surface area contributed by atoms with Crippen LogP contribution in [0.5, 0.6) is 0 Å². The third kappa shape index (κ3) is 3.62. The number of carbonyl (C=O) groups is 1. The van der Waals surface area contributed by atoms with Gasteiger partial charge in [0.15, 0.2) is 0 Å². The summed E-state index contributed by atoms with van der Waals surface area (Å²) in [5.74, 6) is -0.296. The number of halogens is 1. The van der Waals surface area contributed by atoms with Gasteiger partial charge in [-0.05, 0) is 55.5 Å². The number of benzene rings is 1. The molecule has 1 aromatic heterocycles. The summed E-state index contributed by atoms with van der Waals surface area (Å²) < 4.78 is 13.0. The molecule has 1 unspecified atom stereocenters. The lowest BCUT2D eigenvalue weighted by atomic mass is 9.87. The molecule has 1 aromatic carbocycles. The van der Waals surface area contributed by atoms with Gasteiger partial charge in [-0.25, -0.2) is 9.37 Å². The van der Waals surface area contributed by atoms with E-state index in [-0.39, 0.29) is 17.6 Å². The number of likely N-dealkylation sites (tertiary alicyclic amines) is 1. The number of nitrogens with zero attached hydrogens (tertiary/aromatic N) is 2. The molecule has 0 radical (unpaired) electrons. The van der Waals surface area contributed by atoms with Crippen LogP contribution in [0.25, 0.3) is 0 Å². The summed E-state index contributed by atoms with van der Waals surface area (Å²) in [4.78, 5) is 18.6. The molecular weight excluding hydrogens is 307 g/mol. The molecule has 1 aliphatic rings. The normalized spacial score (nSPS) is 16.9. The van der Waals surface area contributed by atoms with Crippen LogP contribution in [0.15, 0.2) is 42.5 Å². The molecule has 0 spiro atoms. The van der Waals surface area contributed by atoms with Crippen LogP contribution in [0.2, 0.25) is 0 Å². The molecule has 0 aliphatic carbocycles. The lowest BCUT2D eigenvalue weighted by Gasteiger charge is -2.34. The van der Waals surface area contributed by atoms with Gasteiger partial charge in [-0.2, -0.15) is 0 Å². The van der Waals surface area contributed by atoms with Gasteiger partial charge in [0, 0.05) is 18.8 Å². The van der Waals surface area contributed by atoms with Crippen LogP contribution in [0, 0.1) is 18.7 Å². The van der Waals surface area contributed by atoms with E-state index >= 15 is 0 Å². The predicted molar refractivity (Wildman–Crippen MR) is 89.0 cm³/mol. The van der Waals surface area contributed by atoms with Gasteiger partial charge in [0.1, 0.15) is 11.5 Å². The Labute approximate surface area is 141 Å². The van der Waals surface area contributed by atoms with Crippen LogP contribution >= 0.6 is 0 Å². The van der Waals surface area contributed by atoms with E-state index in [0.29, 0.717) is 18.8 Å². The number of aliphatic hydroxyl groups is 1. The first-order valence-corrected chi connectivity index (χ1v) is 8.21. The molecule has 3 rings (SSSR count). The van der Waals surface area contributed by atoms with E-state index in [2.05, 4.69) is 4.98 Å². The number of piperidine rings is 1. The molecule has 5 heteroatoms. The molecule has 1 amide bonds. The number of aryl methyl sites for hydroxylation is 1. The smallest absolute Gasteiger partial charge is 0.272 e. The quantitative estimate of drug-likeness (QED) is 0.942. The molecule has 2 aromatic rings. The maximum absolute atomic E-state index is 13.0. The average molecular weight is 328 g/mol. The summed E-state index contributed by atoms with van der Waals surface area (Å²) in [5.41, 5.74) is 2.01. The van der Waals surface area contributed by atoms with Crippen molar-refractivity contribution in [2.24, 2.45) is 5.92 Å². The molecule has 4 nitrogen and oxygen atoms in total. The van der Waals surface area contributed by atoms with E-state index in [0.717, 1.165) is 24.1 Å². The zero-order valence-electron chi connectivity index (χ0n) is 13.7. The third-order valence-electron chi connectivity index (χ3n) is 4.59. The van der Waals surface area contributed by atoms with E-state index in [1.807, 2.05) is 19.1 Å². The van der Waals surface area contributed by atoms with Gasteiger partial charge in [-0.3, -0.25) is 4.79 Å². The largest absolute Gasteiger partial charge is 0.388 e. The number of pyridine rings is 1. The Morgan fingerprint density at radius 2 is 1.88 bits per heavy atom. The zero-order valence-corrected chi connectivity index (χ0v) is 13.7. The fourth-order valence-electron chi connectivity index (χ4n) is 3.17. The Morgan fingerprint density at radius 1 is 1.21 bits per heavy atom. The molecular formula is C19H21FN2O2. The van der Waals surface area contributed by atoms with Crippen LogP contribution in [-0.4, -0.2) is 34.0 Å². The fraction of sp³-hybridized carbons (Fsp3) is 0.368. The second-order valence-electron chi connectivity index (χ2n) is 6.29. The zero-order chi connectivity index (χ0) is 17.1. The predicted octanol–water partition coefficient (Wildman–Crippen LogP) is 3.11. The number of aromatic nitrogens is 1. The SMILES string of the molecule is Cc1cccc(C(=O)N2CCC(C(O)c3ccc(F)cc3)CC2)n1. The van der Waals surface area contributed by atoms with Crippen molar-refractivity contribution >= 4 is 5.91 Å². The second kappa shape index (κ2) is 7.09. The van der Waals surface area contributed by atoms with Crippen LogP contribution in [0.4, 0.5) is 4.39 Å². The number of hydrogen-bond acceptors (Lipinski definition) is 3. The van der Waals surface area contributed by atoms with Crippen molar-refractivity contribution in [3.05, 3.63) is 65.2 Å². The van der Waals surface area contributed by atoms with E-state index in [1.165, 1.54) is 12.1 Å². The molecule has 0 bridgehead atoms. The Morgan fingerprint density at radius 3 is 2.50 bits per heavy atom. The molecule has 1 fully saturated rings. The summed E-state index contributed by atoms with van der Waals surface area (Å²) in [7, 11) is 0. The van der Waals surface area contributed by atoms with Crippen molar-refractivity contribution in [1.82, 2.24) is 9.88 Å². The van der Waals surface area contributed by atoms with Gasteiger partial charge in [0.05, 0.1) is 6.10 Å². The van der Waals surface area contributed by atoms with Crippen molar-refractivity contribution in [2.75, 3.05) is 13.1 Å². The molecule has 126 valence electrons. The highest BCUT2D eigenvalue weighted by atomic mass is 19.1. The average Bonchev–Trinajstić information content (AvgIpc) is 2.61. The van der Waals surface area contributed by atoms with Gasteiger partial charge >= 0.3 is 0 Å². The first-order valence-electron chi connectivity index (χ1n) is 8.21. The van der Waals surface area contributed by atoms with Crippen LogP contribution in [0.1, 0.15) is 40.7 Å². The third-order valence-corrected chi connectivity index (χ3v) is 4.59. The number of amides is 1. The topological polar surface area (TPSA) is 53.4 Å². The Hall–Kier alpha value is -2.27. The lowest BCUT2D eigenvalue weighted by molar-refractivity contribution is 0.0458. The minimum absolute atomic E-state index is 0.0616. The Balaban J connectivity index is 1.61. The molecule has 1 N–H and O–H groups in total. The first-order chi connectivity index (χ1) is 11.5. The van der Waals surface area contributed by atoms with Gasteiger partial charge in [-0.15, -0.1) is 0 Å². The monoisotopic (exact) mass is 328 g/mol. The standard InChI is InChI=1S/C19H21FN2O2/c1-13-3-2-4-17(21-13)19(24)22-11-9-15(10-12-22)18(23)14-5-7-16(20)8-6-14/h2-8,15,18,23H,9-12H2,1H3. The van der Waals surface area contributed by atoms with Gasteiger partial charge in [0.25, 0.3) is 5.91 Å².